The lowest BCUT2D eigenvalue weighted by molar-refractivity contribution is 0.0777. The van der Waals surface area contributed by atoms with Crippen molar-refractivity contribution < 1.29 is 4.79 Å². The standard InChI is InChI=1S/C22H22N4O/c1-22(2)15-26(14-19(22)16-7-4-3-5-8-16)21(27)18-12-24-20(25-13-18)17-9-6-10-23-11-17/h3-13,19H,14-15H2,1-2H3/t19-/m0/s1. The lowest BCUT2D eigenvalue weighted by atomic mass is 9.78. The van der Waals surface area contributed by atoms with E-state index in [2.05, 4.69) is 53.1 Å². The molecule has 3 aromatic rings. The van der Waals surface area contributed by atoms with Crippen molar-refractivity contribution in [3.8, 4) is 11.4 Å². The predicted molar refractivity (Wildman–Crippen MR) is 104 cm³/mol. The largest absolute Gasteiger partial charge is 0.337 e. The summed E-state index contributed by atoms with van der Waals surface area (Å²) in [6, 6.07) is 14.2. The highest BCUT2D eigenvalue weighted by atomic mass is 16.2. The SMILES string of the molecule is CC1(C)CN(C(=O)c2cnc(-c3cccnc3)nc2)C[C@H]1c1ccccc1. The van der Waals surface area contributed by atoms with E-state index in [1.165, 1.54) is 5.56 Å². The summed E-state index contributed by atoms with van der Waals surface area (Å²) in [7, 11) is 0. The van der Waals surface area contributed by atoms with Gasteiger partial charge < -0.3 is 4.90 Å². The summed E-state index contributed by atoms with van der Waals surface area (Å²) in [5.74, 6) is 0.876. The molecule has 27 heavy (non-hydrogen) atoms. The van der Waals surface area contributed by atoms with Gasteiger partial charge >= 0.3 is 0 Å². The van der Waals surface area contributed by atoms with Gasteiger partial charge in [-0.1, -0.05) is 44.2 Å². The van der Waals surface area contributed by atoms with E-state index in [0.717, 1.165) is 12.1 Å². The van der Waals surface area contributed by atoms with Gasteiger partial charge in [0.25, 0.3) is 5.91 Å². The number of hydrogen-bond acceptors (Lipinski definition) is 4. The zero-order chi connectivity index (χ0) is 18.9. The fourth-order valence-corrected chi connectivity index (χ4v) is 3.80. The fourth-order valence-electron chi connectivity index (χ4n) is 3.80. The van der Waals surface area contributed by atoms with E-state index in [1.54, 1.807) is 24.8 Å². The Labute approximate surface area is 159 Å². The highest BCUT2D eigenvalue weighted by Crippen LogP contribution is 2.42. The summed E-state index contributed by atoms with van der Waals surface area (Å²) in [5, 5.41) is 0. The van der Waals surface area contributed by atoms with Crippen LogP contribution < -0.4 is 0 Å². The number of carbonyl (C=O) groups is 1. The number of pyridine rings is 1. The first-order chi connectivity index (χ1) is 13.0. The van der Waals surface area contributed by atoms with Gasteiger partial charge in [0.15, 0.2) is 5.82 Å². The third-order valence-electron chi connectivity index (χ3n) is 5.25. The molecule has 1 amide bonds. The van der Waals surface area contributed by atoms with Crippen molar-refractivity contribution in [2.45, 2.75) is 19.8 Å². The van der Waals surface area contributed by atoms with Crippen molar-refractivity contribution in [2.24, 2.45) is 5.41 Å². The van der Waals surface area contributed by atoms with Gasteiger partial charge in [-0.05, 0) is 23.1 Å². The summed E-state index contributed by atoms with van der Waals surface area (Å²) >= 11 is 0. The summed E-state index contributed by atoms with van der Waals surface area (Å²) in [5.41, 5.74) is 2.66. The zero-order valence-corrected chi connectivity index (χ0v) is 15.5. The lowest BCUT2D eigenvalue weighted by Gasteiger charge is -2.25. The minimum atomic E-state index is -0.0146. The molecule has 1 aliphatic heterocycles. The first-order valence-corrected chi connectivity index (χ1v) is 9.11. The van der Waals surface area contributed by atoms with Crippen molar-refractivity contribution in [1.82, 2.24) is 19.9 Å². The van der Waals surface area contributed by atoms with E-state index in [9.17, 15) is 4.79 Å². The second-order valence-corrected chi connectivity index (χ2v) is 7.67. The van der Waals surface area contributed by atoms with Crippen LogP contribution in [0.4, 0.5) is 0 Å². The second-order valence-electron chi connectivity index (χ2n) is 7.67. The number of likely N-dealkylation sites (tertiary alicyclic amines) is 1. The number of rotatable bonds is 3. The van der Waals surface area contributed by atoms with Crippen molar-refractivity contribution in [1.29, 1.82) is 0 Å². The number of aromatic nitrogens is 3. The van der Waals surface area contributed by atoms with E-state index in [4.69, 9.17) is 0 Å². The van der Waals surface area contributed by atoms with Crippen molar-refractivity contribution >= 4 is 5.91 Å². The van der Waals surface area contributed by atoms with Crippen LogP contribution in [0.3, 0.4) is 0 Å². The Morgan fingerprint density at radius 3 is 2.44 bits per heavy atom. The minimum Gasteiger partial charge on any atom is -0.337 e. The highest BCUT2D eigenvalue weighted by molar-refractivity contribution is 5.94. The molecule has 136 valence electrons. The van der Waals surface area contributed by atoms with Crippen LogP contribution in [-0.4, -0.2) is 38.8 Å². The van der Waals surface area contributed by atoms with Gasteiger partial charge in [0, 0.05) is 49.4 Å². The number of hydrogen-bond donors (Lipinski definition) is 0. The van der Waals surface area contributed by atoms with Crippen LogP contribution in [-0.2, 0) is 0 Å². The maximum Gasteiger partial charge on any atom is 0.257 e. The van der Waals surface area contributed by atoms with Gasteiger partial charge in [-0.2, -0.15) is 0 Å². The summed E-state index contributed by atoms with van der Waals surface area (Å²) < 4.78 is 0. The molecule has 5 nitrogen and oxygen atoms in total. The number of nitrogens with zero attached hydrogens (tertiary/aromatic N) is 4. The van der Waals surface area contributed by atoms with Crippen LogP contribution in [0, 0.1) is 5.41 Å². The van der Waals surface area contributed by atoms with Crippen LogP contribution in [0.15, 0.2) is 67.3 Å². The molecule has 0 saturated carbocycles. The Morgan fingerprint density at radius 2 is 1.78 bits per heavy atom. The fraction of sp³-hybridized carbons (Fsp3) is 0.273. The molecule has 0 spiro atoms. The van der Waals surface area contributed by atoms with E-state index in [1.807, 2.05) is 23.1 Å². The molecule has 0 N–H and O–H groups in total. The second kappa shape index (κ2) is 6.91. The van der Waals surface area contributed by atoms with Gasteiger partial charge in [-0.3, -0.25) is 9.78 Å². The van der Waals surface area contributed by atoms with Gasteiger partial charge in [0.1, 0.15) is 0 Å². The monoisotopic (exact) mass is 358 g/mol. The van der Waals surface area contributed by atoms with Gasteiger partial charge in [-0.25, -0.2) is 9.97 Å². The number of benzene rings is 1. The summed E-state index contributed by atoms with van der Waals surface area (Å²) in [4.78, 5) is 27.7. The normalized spacial score (nSPS) is 18.4. The molecule has 0 bridgehead atoms. The van der Waals surface area contributed by atoms with E-state index < -0.39 is 0 Å². The Balaban J connectivity index is 1.53. The minimum absolute atomic E-state index is 0.0146. The lowest BCUT2D eigenvalue weighted by Crippen LogP contribution is -2.30. The molecule has 4 rings (SSSR count). The molecule has 1 aromatic carbocycles. The molecule has 0 aliphatic carbocycles. The molecule has 1 saturated heterocycles. The molecule has 1 fully saturated rings. The average molecular weight is 358 g/mol. The van der Waals surface area contributed by atoms with Gasteiger partial charge in [-0.15, -0.1) is 0 Å². The van der Waals surface area contributed by atoms with Crippen molar-refractivity contribution in [3.05, 3.63) is 78.4 Å². The highest BCUT2D eigenvalue weighted by Gasteiger charge is 2.42. The third-order valence-corrected chi connectivity index (χ3v) is 5.25. The van der Waals surface area contributed by atoms with Crippen LogP contribution in [0.1, 0.15) is 35.7 Å². The predicted octanol–water partition coefficient (Wildman–Crippen LogP) is 3.80. The van der Waals surface area contributed by atoms with Crippen LogP contribution >= 0.6 is 0 Å². The quantitative estimate of drug-likeness (QED) is 0.714. The molecular formula is C22H22N4O. The summed E-state index contributed by atoms with van der Waals surface area (Å²) in [6.07, 6.45) is 6.64. The third kappa shape index (κ3) is 3.45. The van der Waals surface area contributed by atoms with Crippen molar-refractivity contribution in [3.63, 3.8) is 0 Å². The Kier molecular flexibility index (Phi) is 4.44. The topological polar surface area (TPSA) is 59.0 Å². The molecule has 0 radical (unpaired) electrons. The zero-order valence-electron chi connectivity index (χ0n) is 15.5. The van der Waals surface area contributed by atoms with E-state index >= 15 is 0 Å². The molecule has 1 atom stereocenters. The Bertz CT molecular complexity index is 924. The average Bonchev–Trinajstić information content (AvgIpc) is 3.04. The first-order valence-electron chi connectivity index (χ1n) is 9.11. The summed E-state index contributed by atoms with van der Waals surface area (Å²) in [6.45, 7) is 5.87. The van der Waals surface area contributed by atoms with Gasteiger partial charge in [0.2, 0.25) is 0 Å². The van der Waals surface area contributed by atoms with E-state index in [0.29, 0.717) is 23.9 Å². The van der Waals surface area contributed by atoms with Crippen molar-refractivity contribution in [2.75, 3.05) is 13.1 Å². The molecule has 3 heterocycles. The Morgan fingerprint density at radius 1 is 1.04 bits per heavy atom. The van der Waals surface area contributed by atoms with E-state index in [-0.39, 0.29) is 11.3 Å². The van der Waals surface area contributed by atoms with Crippen LogP contribution in [0.2, 0.25) is 0 Å². The molecule has 1 aliphatic rings. The van der Waals surface area contributed by atoms with Gasteiger partial charge in [0.05, 0.1) is 5.56 Å². The number of carbonyl (C=O) groups excluding carboxylic acids is 1. The molecule has 2 aromatic heterocycles. The van der Waals surface area contributed by atoms with Crippen LogP contribution in [0.5, 0.6) is 0 Å². The maximum absolute atomic E-state index is 13.0. The molecule has 0 unspecified atom stereocenters. The molecule has 5 heteroatoms. The smallest absolute Gasteiger partial charge is 0.257 e. The Hall–Kier alpha value is -3.08. The first kappa shape index (κ1) is 17.3. The van der Waals surface area contributed by atoms with Crippen LogP contribution in [0.25, 0.3) is 11.4 Å². The number of amides is 1. The molecular weight excluding hydrogens is 336 g/mol. The maximum atomic E-state index is 13.0.